The monoisotopic (exact) mass is 836 g/mol. The number of hydrogen-bond donors (Lipinski definition) is 0. The summed E-state index contributed by atoms with van der Waals surface area (Å²) in [6, 6.07) is 56.2. The van der Waals surface area contributed by atoms with Gasteiger partial charge in [-0.15, -0.1) is 0 Å². The molecule has 1 fully saturated rings. The lowest BCUT2D eigenvalue weighted by Gasteiger charge is -2.53. The lowest BCUT2D eigenvalue weighted by atomic mass is 9.33. The van der Waals surface area contributed by atoms with E-state index in [9.17, 15) is 0 Å². The van der Waals surface area contributed by atoms with E-state index in [0.29, 0.717) is 0 Å². The van der Waals surface area contributed by atoms with Crippen LogP contribution in [0.2, 0.25) is 0 Å². The molecule has 7 aromatic carbocycles. The van der Waals surface area contributed by atoms with Gasteiger partial charge in [-0.25, -0.2) is 0 Å². The van der Waals surface area contributed by atoms with Gasteiger partial charge in [0.05, 0.1) is 11.2 Å². The Morgan fingerprint density at radius 3 is 1.84 bits per heavy atom. The lowest BCUT2D eigenvalue weighted by molar-refractivity contribution is 0.195. The number of rotatable bonds is 5. The molecule has 7 aromatic rings. The van der Waals surface area contributed by atoms with E-state index in [1.807, 2.05) is 0 Å². The SMILES string of the molecule is Cc1ccccc1N(c1cc2c3c(c1)N1c4c(cc(-c5ccccc5)cc4C4(C)CCCCC14C)B3c1ccc(C(C)(C)C)cc1N2c1cccc(C(C)(C)C)c1)c1ccccc1C. The third-order valence-electron chi connectivity index (χ3n) is 15.9. The minimum atomic E-state index is -0.126. The molecule has 1 saturated carbocycles. The molecular formula is C60H62BN3. The van der Waals surface area contributed by atoms with Crippen molar-refractivity contribution in [3.63, 3.8) is 0 Å². The predicted molar refractivity (Wildman–Crippen MR) is 276 cm³/mol. The number of fused-ring (bicyclic) bond motifs is 7. The van der Waals surface area contributed by atoms with E-state index in [1.54, 1.807) is 0 Å². The number of benzene rings is 7. The minimum Gasteiger partial charge on any atom is -0.335 e. The largest absolute Gasteiger partial charge is 0.335 e. The van der Waals surface area contributed by atoms with E-state index in [2.05, 4.69) is 230 Å². The van der Waals surface area contributed by atoms with Gasteiger partial charge in [0.1, 0.15) is 0 Å². The second-order valence-corrected chi connectivity index (χ2v) is 21.9. The molecule has 2 unspecified atom stereocenters. The maximum absolute atomic E-state index is 2.89. The molecule has 4 heteroatoms. The van der Waals surface area contributed by atoms with E-state index in [4.69, 9.17) is 0 Å². The fraction of sp³-hybridized carbons (Fsp3) is 0.300. The molecule has 0 saturated heterocycles. The third kappa shape index (κ3) is 5.93. The van der Waals surface area contributed by atoms with Gasteiger partial charge in [0.2, 0.25) is 0 Å². The van der Waals surface area contributed by atoms with Crippen molar-refractivity contribution in [2.75, 3.05) is 14.7 Å². The average Bonchev–Trinajstić information content (AvgIpc) is 3.49. The van der Waals surface area contributed by atoms with Gasteiger partial charge in [0, 0.05) is 45.2 Å². The Morgan fingerprint density at radius 2 is 1.17 bits per heavy atom. The number of hydrogen-bond acceptors (Lipinski definition) is 3. The van der Waals surface area contributed by atoms with Crippen molar-refractivity contribution in [2.24, 2.45) is 0 Å². The standard InChI is InChI=1S/C60H62BN3/c1-39-21-14-16-27-50(39)63(51-28-17-15-22-40(51)2)46-37-53-55-54(38-46)64-56-47(59(9)31-18-19-32-60(59,64)10)33-42(41-23-12-11-13-24-41)34-49(56)61(55)48-30-29-44(58(6,7)8)36-52(48)62(53)45-26-20-25-43(35-45)57(3,4)5/h11-17,20-30,33-38H,18-19,31-32H2,1-10H3. The summed E-state index contributed by atoms with van der Waals surface area (Å²) in [6.45, 7) is 23.8. The van der Waals surface area contributed by atoms with Gasteiger partial charge in [0.15, 0.2) is 0 Å². The topological polar surface area (TPSA) is 9.72 Å². The molecular weight excluding hydrogens is 773 g/mol. The highest BCUT2D eigenvalue weighted by molar-refractivity contribution is 7.00. The van der Waals surface area contributed by atoms with Gasteiger partial charge in [-0.1, -0.05) is 158 Å². The van der Waals surface area contributed by atoms with Crippen LogP contribution < -0.4 is 31.1 Å². The van der Waals surface area contributed by atoms with Crippen molar-refractivity contribution in [3.05, 3.63) is 173 Å². The Labute approximate surface area is 382 Å². The van der Waals surface area contributed by atoms with Crippen LogP contribution in [0.15, 0.2) is 146 Å². The van der Waals surface area contributed by atoms with E-state index >= 15 is 0 Å². The molecule has 0 spiro atoms. The van der Waals surface area contributed by atoms with Gasteiger partial charge in [0.25, 0.3) is 6.71 Å². The van der Waals surface area contributed by atoms with E-state index in [0.717, 1.165) is 6.42 Å². The second kappa shape index (κ2) is 14.3. The van der Waals surface area contributed by atoms with Crippen LogP contribution in [0, 0.1) is 13.8 Å². The Hall–Kier alpha value is -6.00. The summed E-state index contributed by atoms with van der Waals surface area (Å²) in [7, 11) is 0. The highest BCUT2D eigenvalue weighted by Crippen LogP contribution is 2.63. The fourth-order valence-corrected chi connectivity index (χ4v) is 12.1. The molecule has 3 nitrogen and oxygen atoms in total. The molecule has 320 valence electrons. The molecule has 64 heavy (non-hydrogen) atoms. The van der Waals surface area contributed by atoms with Gasteiger partial charge < -0.3 is 14.7 Å². The zero-order chi connectivity index (χ0) is 44.5. The molecule has 4 aliphatic rings. The second-order valence-electron chi connectivity index (χ2n) is 21.9. The van der Waals surface area contributed by atoms with Crippen molar-refractivity contribution < 1.29 is 0 Å². The summed E-state index contributed by atoms with van der Waals surface area (Å²) < 4.78 is 0. The molecule has 0 aromatic heterocycles. The zero-order valence-corrected chi connectivity index (χ0v) is 39.6. The lowest BCUT2D eigenvalue weighted by Crippen LogP contribution is -2.64. The molecule has 11 rings (SSSR count). The molecule has 1 aliphatic carbocycles. The number of nitrogens with zero attached hydrogens (tertiary/aromatic N) is 3. The quantitative estimate of drug-likeness (QED) is 0.160. The predicted octanol–water partition coefficient (Wildman–Crippen LogP) is 14.4. The summed E-state index contributed by atoms with van der Waals surface area (Å²) in [5.74, 6) is 0. The van der Waals surface area contributed by atoms with Crippen LogP contribution in [0.5, 0.6) is 0 Å². The molecule has 0 amide bonds. The number of anilines is 8. The van der Waals surface area contributed by atoms with Crippen LogP contribution in [0.1, 0.15) is 109 Å². The molecule has 0 bridgehead atoms. The number of para-hydroxylation sites is 2. The van der Waals surface area contributed by atoms with Crippen molar-refractivity contribution >= 4 is 68.6 Å². The average molecular weight is 836 g/mol. The van der Waals surface area contributed by atoms with Crippen LogP contribution >= 0.6 is 0 Å². The van der Waals surface area contributed by atoms with Gasteiger partial charge in [-0.05, 0) is 148 Å². The normalized spacial score (nSPS) is 19.5. The van der Waals surface area contributed by atoms with Crippen LogP contribution in [0.4, 0.5) is 45.5 Å². The van der Waals surface area contributed by atoms with Crippen molar-refractivity contribution in [3.8, 4) is 11.1 Å². The summed E-state index contributed by atoms with van der Waals surface area (Å²) in [5, 5.41) is 0. The summed E-state index contributed by atoms with van der Waals surface area (Å²) in [5.41, 5.74) is 23.4. The first kappa shape index (κ1) is 40.8. The highest BCUT2D eigenvalue weighted by atomic mass is 15.3. The Bertz CT molecular complexity index is 2960. The van der Waals surface area contributed by atoms with Crippen LogP contribution in [-0.2, 0) is 16.2 Å². The zero-order valence-electron chi connectivity index (χ0n) is 39.6. The Morgan fingerprint density at radius 1 is 0.547 bits per heavy atom. The smallest absolute Gasteiger partial charge is 0.252 e. The van der Waals surface area contributed by atoms with Crippen LogP contribution in [-0.4, -0.2) is 12.3 Å². The van der Waals surface area contributed by atoms with Crippen LogP contribution in [0.25, 0.3) is 11.1 Å². The Balaban J connectivity index is 1.31. The van der Waals surface area contributed by atoms with Gasteiger partial charge >= 0.3 is 0 Å². The van der Waals surface area contributed by atoms with E-state index in [1.165, 1.54) is 120 Å². The minimum absolute atomic E-state index is 0.0169. The summed E-state index contributed by atoms with van der Waals surface area (Å²) in [6.07, 6.45) is 4.79. The first-order chi connectivity index (χ1) is 30.6. The Kier molecular flexibility index (Phi) is 9.08. The first-order valence-corrected chi connectivity index (χ1v) is 23.8. The summed E-state index contributed by atoms with van der Waals surface area (Å²) in [4.78, 5) is 8.09. The van der Waals surface area contributed by atoms with Gasteiger partial charge in [-0.3, -0.25) is 0 Å². The van der Waals surface area contributed by atoms with Crippen molar-refractivity contribution in [1.29, 1.82) is 0 Å². The van der Waals surface area contributed by atoms with Crippen molar-refractivity contribution in [2.45, 2.75) is 117 Å². The third-order valence-corrected chi connectivity index (χ3v) is 15.9. The maximum Gasteiger partial charge on any atom is 0.252 e. The number of aryl methyl sites for hydroxylation is 2. The van der Waals surface area contributed by atoms with Crippen molar-refractivity contribution in [1.82, 2.24) is 0 Å². The molecule has 0 radical (unpaired) electrons. The molecule has 2 atom stereocenters. The maximum atomic E-state index is 2.89. The first-order valence-electron chi connectivity index (χ1n) is 23.8. The molecule has 0 N–H and O–H groups in total. The van der Waals surface area contributed by atoms with E-state index < -0.39 is 0 Å². The molecule has 3 heterocycles. The fourth-order valence-electron chi connectivity index (χ4n) is 12.1. The van der Waals surface area contributed by atoms with Gasteiger partial charge in [-0.2, -0.15) is 0 Å². The molecule has 3 aliphatic heterocycles. The summed E-state index contributed by atoms with van der Waals surface area (Å²) >= 11 is 0. The van der Waals surface area contributed by atoms with Crippen LogP contribution in [0.3, 0.4) is 0 Å². The van der Waals surface area contributed by atoms with E-state index in [-0.39, 0.29) is 28.5 Å². The highest BCUT2D eigenvalue weighted by Gasteiger charge is 2.61.